The quantitative estimate of drug-likeness (QED) is 0.398. The van der Waals surface area contributed by atoms with Crippen molar-refractivity contribution < 1.29 is 26.5 Å². The minimum atomic E-state index is -1.62. The molecule has 0 aromatic rings. The van der Waals surface area contributed by atoms with Gasteiger partial charge >= 0.3 is 5.97 Å². The summed E-state index contributed by atoms with van der Waals surface area (Å²) in [6.07, 6.45) is -5.16. The molecule has 1 aliphatic heterocycles. The van der Waals surface area contributed by atoms with Crippen LogP contribution in [0.4, 0.5) is 4.39 Å². The van der Waals surface area contributed by atoms with Gasteiger partial charge in [-0.3, -0.25) is 0 Å². The van der Waals surface area contributed by atoms with Gasteiger partial charge in [0.2, 0.25) is 0 Å². The normalized spacial score (nSPS) is 36.4. The number of esters is 1. The number of alkyl halides is 1. The van der Waals surface area contributed by atoms with Crippen LogP contribution >= 0.6 is 38.7 Å². The van der Waals surface area contributed by atoms with Crippen molar-refractivity contribution in [3.8, 4) is 0 Å². The Morgan fingerprint density at radius 2 is 2.00 bits per heavy atom. The molecule has 0 amide bonds. The summed E-state index contributed by atoms with van der Waals surface area (Å²) in [5.41, 5.74) is 0. The molecule has 1 aliphatic rings. The molecular weight excluding hydrogens is 267 g/mol. The van der Waals surface area contributed by atoms with E-state index in [1.807, 2.05) is 0 Å². The number of hydrogen-bond acceptors (Lipinski definition) is 8. The van der Waals surface area contributed by atoms with E-state index >= 15 is 0 Å². The van der Waals surface area contributed by atoms with Crippen molar-refractivity contribution in [1.82, 2.24) is 0 Å². The molecule has 88 valence electrons. The summed E-state index contributed by atoms with van der Waals surface area (Å²) in [4.78, 5) is 11.3. The van der Waals surface area contributed by atoms with Crippen molar-refractivity contribution in [2.75, 3.05) is 6.61 Å². The third-order valence-corrected chi connectivity index (χ3v) is 2.56. The van der Waals surface area contributed by atoms with Gasteiger partial charge in [-0.05, 0) is 38.7 Å². The summed E-state index contributed by atoms with van der Waals surface area (Å²) < 4.78 is 31.7. The highest BCUT2D eigenvalue weighted by molar-refractivity contribution is 7.75. The van der Waals surface area contributed by atoms with E-state index in [9.17, 15) is 9.18 Å². The third-order valence-electron chi connectivity index (χ3n) is 1.94. The fourth-order valence-corrected chi connectivity index (χ4v) is 1.79. The number of ether oxygens (including phenoxy) is 1. The van der Waals surface area contributed by atoms with E-state index in [0.717, 1.165) is 0 Å². The Balaban J connectivity index is 2.75. The summed E-state index contributed by atoms with van der Waals surface area (Å²) in [6.45, 7) is -0.192. The molecule has 15 heavy (non-hydrogen) atoms. The molecule has 0 aromatic heterocycles. The highest BCUT2D eigenvalue weighted by Gasteiger charge is 2.48. The van der Waals surface area contributed by atoms with E-state index in [4.69, 9.17) is 4.74 Å². The Kier molecular flexibility index (Phi) is 5.50. The van der Waals surface area contributed by atoms with Crippen LogP contribution in [0.1, 0.15) is 0 Å². The van der Waals surface area contributed by atoms with E-state index in [1.165, 1.54) is 0 Å². The first-order valence-corrected chi connectivity index (χ1v) is 4.96. The van der Waals surface area contributed by atoms with Crippen molar-refractivity contribution in [3.05, 3.63) is 0 Å². The molecule has 1 saturated heterocycles. The van der Waals surface area contributed by atoms with Crippen molar-refractivity contribution in [2.24, 2.45) is 0 Å². The van der Waals surface area contributed by atoms with Gasteiger partial charge in [0.1, 0.15) is 12.7 Å². The number of halogens is 1. The Hall–Kier alpha value is 0.330. The molecule has 0 N–H and O–H groups in total. The molecule has 0 bridgehead atoms. The number of hydrogen-bond donors (Lipinski definition) is 3. The average Bonchev–Trinajstić information content (AvgIpc) is 2.22. The van der Waals surface area contributed by atoms with E-state index in [2.05, 4.69) is 51.3 Å². The van der Waals surface area contributed by atoms with Crippen LogP contribution in [0.3, 0.4) is 0 Å². The predicted octanol–water partition coefficient (Wildman–Crippen LogP) is 0.571. The Morgan fingerprint density at radius 1 is 1.33 bits per heavy atom. The van der Waals surface area contributed by atoms with E-state index in [0.29, 0.717) is 0 Å². The van der Waals surface area contributed by atoms with Crippen LogP contribution in [0.15, 0.2) is 0 Å². The summed E-state index contributed by atoms with van der Waals surface area (Å²) in [7, 11) is 0. The van der Waals surface area contributed by atoms with Gasteiger partial charge in [0.15, 0.2) is 18.4 Å². The minimum Gasteiger partial charge on any atom is -0.455 e. The van der Waals surface area contributed by atoms with Crippen LogP contribution in [0.2, 0.25) is 0 Å². The molecule has 5 nitrogen and oxygen atoms in total. The van der Waals surface area contributed by atoms with Gasteiger partial charge in [-0.2, -0.15) is 0 Å². The monoisotopic (exact) mass is 276 g/mol. The summed E-state index contributed by atoms with van der Waals surface area (Å²) in [5, 5.41) is 0. The Morgan fingerprint density at radius 3 is 2.47 bits per heavy atom. The second-order valence-corrected chi connectivity index (χ2v) is 3.49. The van der Waals surface area contributed by atoms with Gasteiger partial charge in [-0.1, -0.05) is 0 Å². The van der Waals surface area contributed by atoms with Crippen molar-refractivity contribution in [3.63, 3.8) is 0 Å². The van der Waals surface area contributed by atoms with Gasteiger partial charge < -0.3 is 17.3 Å². The van der Waals surface area contributed by atoms with Crippen molar-refractivity contribution in [1.29, 1.82) is 0 Å². The topological polar surface area (TPSA) is 54.0 Å². The zero-order valence-electron chi connectivity index (χ0n) is 7.28. The zero-order valence-corrected chi connectivity index (χ0v) is 9.96. The van der Waals surface area contributed by atoms with Crippen LogP contribution < -0.4 is 0 Å². The number of cyclic esters (lactones) is 1. The molecule has 0 aromatic carbocycles. The largest absolute Gasteiger partial charge is 0.455 e. The number of thiol groups is 3. The van der Waals surface area contributed by atoms with Gasteiger partial charge in [0, 0.05) is 0 Å². The smallest absolute Gasteiger partial charge is 0.340 e. The first kappa shape index (κ1) is 13.4. The molecule has 1 heterocycles. The van der Waals surface area contributed by atoms with Gasteiger partial charge in [-0.15, -0.1) is 0 Å². The molecule has 4 atom stereocenters. The molecule has 0 aliphatic carbocycles. The second-order valence-electron chi connectivity index (χ2n) is 2.81. The molecule has 0 unspecified atom stereocenters. The fraction of sp³-hybridized carbons (Fsp3) is 0.833. The molecule has 9 heteroatoms. The summed E-state index contributed by atoms with van der Waals surface area (Å²) >= 11 is 10.3. The minimum absolute atomic E-state index is 0.192. The van der Waals surface area contributed by atoms with E-state index < -0.39 is 30.5 Å². The van der Waals surface area contributed by atoms with E-state index in [-0.39, 0.29) is 6.61 Å². The number of carbonyl (C=O) groups is 1. The van der Waals surface area contributed by atoms with E-state index in [1.54, 1.807) is 0 Å². The summed E-state index contributed by atoms with van der Waals surface area (Å²) in [5.74, 6) is -0.784. The van der Waals surface area contributed by atoms with Crippen LogP contribution in [-0.4, -0.2) is 37.1 Å². The molecule has 1 fully saturated rings. The SMILES string of the molecule is O=C1O[C@H](COS)[C@@H](F)[C@H](OS)[C@H]1OS. The zero-order chi connectivity index (χ0) is 11.4. The summed E-state index contributed by atoms with van der Waals surface area (Å²) in [6, 6.07) is 0. The van der Waals surface area contributed by atoms with Crippen LogP contribution in [0, 0.1) is 0 Å². The first-order chi connectivity index (χ1) is 7.15. The second kappa shape index (κ2) is 6.16. The maximum atomic E-state index is 13.6. The lowest BCUT2D eigenvalue weighted by Crippen LogP contribution is -2.55. The maximum Gasteiger partial charge on any atom is 0.340 e. The lowest BCUT2D eigenvalue weighted by atomic mass is 10.0. The molecular formula is C6H9FO5S3. The molecule has 0 radical (unpaired) electrons. The van der Waals surface area contributed by atoms with Crippen LogP contribution in [0.5, 0.6) is 0 Å². The van der Waals surface area contributed by atoms with Gasteiger partial charge in [-0.25, -0.2) is 9.18 Å². The highest BCUT2D eigenvalue weighted by Crippen LogP contribution is 2.26. The Labute approximate surface area is 102 Å². The fourth-order valence-electron chi connectivity index (χ4n) is 1.21. The van der Waals surface area contributed by atoms with Crippen LogP contribution in [-0.2, 0) is 22.1 Å². The Bertz CT molecular complexity index is 231. The van der Waals surface area contributed by atoms with Gasteiger partial charge in [0.25, 0.3) is 0 Å². The van der Waals surface area contributed by atoms with Crippen molar-refractivity contribution >= 4 is 44.7 Å². The average molecular weight is 276 g/mol. The van der Waals surface area contributed by atoms with Gasteiger partial charge in [0.05, 0.1) is 0 Å². The predicted molar refractivity (Wildman–Crippen MR) is 57.4 cm³/mol. The molecule has 0 spiro atoms. The molecule has 1 rings (SSSR count). The number of carbonyl (C=O) groups excluding carboxylic acids is 1. The standard InChI is InChI=1S/C6H9FO5S3/c7-3-2(1-9-13)10-6(8)5(12-15)4(3)11-14/h2-5,13-15H,1H2/t2-,3-,4+,5-/m1/s1. The lowest BCUT2D eigenvalue weighted by Gasteiger charge is -2.34. The lowest BCUT2D eigenvalue weighted by molar-refractivity contribution is -0.186. The first-order valence-electron chi connectivity index (χ1n) is 3.87. The highest BCUT2D eigenvalue weighted by atomic mass is 32.1. The van der Waals surface area contributed by atoms with Crippen molar-refractivity contribution in [2.45, 2.75) is 24.5 Å². The maximum absolute atomic E-state index is 13.6. The molecule has 0 saturated carbocycles. The number of rotatable bonds is 4. The van der Waals surface area contributed by atoms with Crippen LogP contribution in [0.25, 0.3) is 0 Å². The third kappa shape index (κ3) is 2.92.